The average molecular weight is 179 g/mol. The Morgan fingerprint density at radius 3 is 2.46 bits per heavy atom. The zero-order valence-electron chi connectivity index (χ0n) is 8.78. The third-order valence-corrected chi connectivity index (χ3v) is 1.24. The van der Waals surface area contributed by atoms with Gasteiger partial charge in [-0.2, -0.15) is 5.10 Å². The lowest BCUT2D eigenvalue weighted by atomic mass is 10.6. The molecule has 13 heavy (non-hydrogen) atoms. The first-order chi connectivity index (χ1) is 6.27. The molecule has 0 aliphatic rings. The predicted octanol–water partition coefficient (Wildman–Crippen LogP) is 2.75. The molecule has 1 aromatic rings. The van der Waals surface area contributed by atoms with Crippen molar-refractivity contribution in [3.63, 3.8) is 0 Å². The number of allylic oxidation sites excluding steroid dienone is 1. The van der Waals surface area contributed by atoms with Crippen molar-refractivity contribution in [2.75, 3.05) is 0 Å². The summed E-state index contributed by atoms with van der Waals surface area (Å²) in [5.74, 6) is 1.54. The molecule has 0 N–H and O–H groups in total. The quantitative estimate of drug-likeness (QED) is 0.699. The summed E-state index contributed by atoms with van der Waals surface area (Å²) in [5, 5.41) is 4.12. The van der Waals surface area contributed by atoms with E-state index in [1.807, 2.05) is 40.0 Å². The lowest BCUT2D eigenvalue weighted by Crippen LogP contribution is -1.91. The van der Waals surface area contributed by atoms with E-state index < -0.39 is 0 Å². The van der Waals surface area contributed by atoms with Crippen molar-refractivity contribution in [3.8, 4) is 0 Å². The Hall–Kier alpha value is -1.38. The molecule has 3 heteroatoms. The zero-order chi connectivity index (χ0) is 10.3. The summed E-state index contributed by atoms with van der Waals surface area (Å²) in [7, 11) is 0. The lowest BCUT2D eigenvalue weighted by molar-refractivity contribution is 0.902. The van der Waals surface area contributed by atoms with Crippen LogP contribution in [0.15, 0.2) is 12.7 Å². The van der Waals surface area contributed by atoms with Gasteiger partial charge >= 0.3 is 0 Å². The van der Waals surface area contributed by atoms with Gasteiger partial charge in [-0.05, 0) is 19.9 Å². The van der Waals surface area contributed by atoms with Gasteiger partial charge in [0.25, 0.3) is 0 Å². The first-order valence-corrected chi connectivity index (χ1v) is 4.46. The Morgan fingerprint density at radius 1 is 1.38 bits per heavy atom. The molecule has 3 nitrogen and oxygen atoms in total. The van der Waals surface area contributed by atoms with E-state index in [4.69, 9.17) is 0 Å². The van der Waals surface area contributed by atoms with E-state index in [9.17, 15) is 0 Å². The molecule has 0 aromatic carbocycles. The van der Waals surface area contributed by atoms with E-state index in [-0.39, 0.29) is 0 Å². The molecule has 0 radical (unpaired) electrons. The highest BCUT2D eigenvalue weighted by molar-refractivity contribution is 5.41. The third-order valence-electron chi connectivity index (χ3n) is 1.24. The van der Waals surface area contributed by atoms with Crippen LogP contribution in [0.4, 0.5) is 0 Å². The topological polar surface area (TPSA) is 30.7 Å². The molecule has 1 heterocycles. The highest BCUT2D eigenvalue weighted by Crippen LogP contribution is 1.99. The Morgan fingerprint density at radius 2 is 2.00 bits per heavy atom. The molecule has 72 valence electrons. The number of nitrogens with zero attached hydrogens (tertiary/aromatic N) is 3. The van der Waals surface area contributed by atoms with Gasteiger partial charge in [0.2, 0.25) is 0 Å². The second kappa shape index (κ2) is 6.17. The van der Waals surface area contributed by atoms with Crippen LogP contribution in [-0.4, -0.2) is 14.8 Å². The SMILES string of the molecule is C=Cc1nc(C)nn1/C=C\C.CC. The van der Waals surface area contributed by atoms with Gasteiger partial charge in [-0.15, -0.1) is 0 Å². The van der Waals surface area contributed by atoms with E-state index in [0.29, 0.717) is 0 Å². The van der Waals surface area contributed by atoms with E-state index in [2.05, 4.69) is 16.7 Å². The van der Waals surface area contributed by atoms with Crippen LogP contribution < -0.4 is 0 Å². The normalized spacial score (nSPS) is 9.54. The summed E-state index contributed by atoms with van der Waals surface area (Å²) < 4.78 is 1.70. The first kappa shape index (κ1) is 11.6. The maximum atomic E-state index is 4.13. The van der Waals surface area contributed by atoms with Crippen LogP contribution in [0.5, 0.6) is 0 Å². The fourth-order valence-corrected chi connectivity index (χ4v) is 0.837. The van der Waals surface area contributed by atoms with E-state index in [1.54, 1.807) is 10.8 Å². The standard InChI is InChI=1S/C8H11N3.C2H6/c1-4-6-11-8(5-2)9-7(3)10-11;1-2/h4-6H,2H2,1,3H3;1-2H3/b6-4-;. The van der Waals surface area contributed by atoms with Crippen molar-refractivity contribution >= 4 is 12.3 Å². The van der Waals surface area contributed by atoms with Crippen LogP contribution in [0.25, 0.3) is 12.3 Å². The molecule has 0 fully saturated rings. The lowest BCUT2D eigenvalue weighted by Gasteiger charge is -1.90. The molecular formula is C10H17N3. The van der Waals surface area contributed by atoms with Gasteiger partial charge in [0.15, 0.2) is 5.82 Å². The van der Waals surface area contributed by atoms with Crippen LogP contribution in [-0.2, 0) is 0 Å². The molecule has 0 unspecified atom stereocenters. The van der Waals surface area contributed by atoms with Crippen LogP contribution >= 0.6 is 0 Å². The number of aromatic nitrogens is 3. The van der Waals surface area contributed by atoms with Crippen molar-refractivity contribution in [3.05, 3.63) is 24.3 Å². The zero-order valence-corrected chi connectivity index (χ0v) is 8.78. The van der Waals surface area contributed by atoms with E-state index >= 15 is 0 Å². The highest BCUT2D eigenvalue weighted by atomic mass is 15.3. The van der Waals surface area contributed by atoms with Gasteiger partial charge in [-0.1, -0.05) is 26.5 Å². The summed E-state index contributed by atoms with van der Waals surface area (Å²) in [6.07, 6.45) is 5.43. The second-order valence-corrected chi connectivity index (χ2v) is 2.15. The Kier molecular flexibility index (Phi) is 5.52. The fraction of sp³-hybridized carbons (Fsp3) is 0.400. The number of hydrogen-bond donors (Lipinski definition) is 0. The number of hydrogen-bond acceptors (Lipinski definition) is 2. The van der Waals surface area contributed by atoms with Gasteiger partial charge in [-0.3, -0.25) is 0 Å². The van der Waals surface area contributed by atoms with Crippen LogP contribution in [0.3, 0.4) is 0 Å². The van der Waals surface area contributed by atoms with E-state index in [1.165, 1.54) is 0 Å². The molecule has 0 spiro atoms. The molecule has 0 bridgehead atoms. The Labute approximate surface area is 79.8 Å². The summed E-state index contributed by atoms with van der Waals surface area (Å²) in [6.45, 7) is 11.4. The summed E-state index contributed by atoms with van der Waals surface area (Å²) >= 11 is 0. The maximum absolute atomic E-state index is 4.13. The average Bonchev–Trinajstić information content (AvgIpc) is 2.50. The fourth-order valence-electron chi connectivity index (χ4n) is 0.837. The molecule has 1 aromatic heterocycles. The highest BCUT2D eigenvalue weighted by Gasteiger charge is 1.98. The van der Waals surface area contributed by atoms with Crippen LogP contribution in [0.1, 0.15) is 32.4 Å². The second-order valence-electron chi connectivity index (χ2n) is 2.15. The molecule has 0 amide bonds. The Balaban J connectivity index is 0.000000671. The maximum Gasteiger partial charge on any atom is 0.154 e. The van der Waals surface area contributed by atoms with Crippen molar-refractivity contribution < 1.29 is 0 Å². The molecule has 0 aliphatic carbocycles. The number of aryl methyl sites for hydroxylation is 1. The molecule has 1 rings (SSSR count). The molecular weight excluding hydrogens is 162 g/mol. The van der Waals surface area contributed by atoms with Gasteiger partial charge in [0, 0.05) is 6.20 Å². The van der Waals surface area contributed by atoms with Crippen molar-refractivity contribution in [1.82, 2.24) is 14.8 Å². The van der Waals surface area contributed by atoms with Gasteiger partial charge in [0.05, 0.1) is 0 Å². The van der Waals surface area contributed by atoms with Gasteiger partial charge in [-0.25, -0.2) is 9.67 Å². The summed E-state index contributed by atoms with van der Waals surface area (Å²) in [4.78, 5) is 4.13. The number of rotatable bonds is 2. The van der Waals surface area contributed by atoms with Crippen molar-refractivity contribution in [2.24, 2.45) is 0 Å². The van der Waals surface area contributed by atoms with Crippen LogP contribution in [0.2, 0.25) is 0 Å². The molecule has 0 aliphatic heterocycles. The minimum Gasteiger partial charge on any atom is -0.221 e. The molecule has 0 atom stereocenters. The van der Waals surface area contributed by atoms with Crippen LogP contribution in [0, 0.1) is 6.92 Å². The van der Waals surface area contributed by atoms with Crippen molar-refractivity contribution in [1.29, 1.82) is 0 Å². The van der Waals surface area contributed by atoms with Gasteiger partial charge < -0.3 is 0 Å². The summed E-state index contributed by atoms with van der Waals surface area (Å²) in [6, 6.07) is 0. The van der Waals surface area contributed by atoms with E-state index in [0.717, 1.165) is 11.6 Å². The third kappa shape index (κ3) is 3.23. The molecule has 0 saturated heterocycles. The minimum atomic E-state index is 0.762. The monoisotopic (exact) mass is 179 g/mol. The minimum absolute atomic E-state index is 0.762. The largest absolute Gasteiger partial charge is 0.221 e. The van der Waals surface area contributed by atoms with Crippen molar-refractivity contribution in [2.45, 2.75) is 27.7 Å². The summed E-state index contributed by atoms with van der Waals surface area (Å²) in [5.41, 5.74) is 0. The predicted molar refractivity (Wildman–Crippen MR) is 57.2 cm³/mol. The smallest absolute Gasteiger partial charge is 0.154 e. The molecule has 0 saturated carbocycles. The first-order valence-electron chi connectivity index (χ1n) is 4.46. The van der Waals surface area contributed by atoms with Gasteiger partial charge in [0.1, 0.15) is 5.82 Å². The Bertz CT molecular complexity index is 284.